The molecule has 0 radical (unpaired) electrons. The minimum atomic E-state index is -0.541. The van der Waals surface area contributed by atoms with Gasteiger partial charge >= 0.3 is 0 Å². The van der Waals surface area contributed by atoms with Gasteiger partial charge in [0, 0.05) is 0 Å². The van der Waals surface area contributed by atoms with Gasteiger partial charge in [0.05, 0.1) is 5.41 Å². The van der Waals surface area contributed by atoms with E-state index in [0.717, 1.165) is 0 Å². The lowest BCUT2D eigenvalue weighted by atomic mass is 9.92. The summed E-state index contributed by atoms with van der Waals surface area (Å²) >= 11 is 0. The summed E-state index contributed by atoms with van der Waals surface area (Å²) in [4.78, 5) is 11.2. The topological polar surface area (TPSA) is 49.3 Å². The van der Waals surface area contributed by atoms with Crippen LogP contribution in [0.25, 0.3) is 0 Å². The third-order valence-electron chi connectivity index (χ3n) is 1.59. The quantitative estimate of drug-likeness (QED) is 0.547. The first-order valence-electron chi connectivity index (χ1n) is 3.42. The predicted molar refractivity (Wildman–Crippen MR) is 41.8 cm³/mol. The zero-order valence-corrected chi connectivity index (χ0v) is 6.59. The van der Waals surface area contributed by atoms with E-state index in [0.29, 0.717) is 0 Å². The summed E-state index contributed by atoms with van der Waals surface area (Å²) in [5, 5.41) is 11.3. The zero-order valence-electron chi connectivity index (χ0n) is 6.59. The minimum absolute atomic E-state index is 0.100. The maximum atomic E-state index is 11.2. The number of nitrogens with one attached hydrogen (secondary N) is 1. The normalized spacial score (nSPS) is 22.0. The van der Waals surface area contributed by atoms with Crippen LogP contribution in [0.15, 0.2) is 24.1 Å². The number of amides is 1. The molecule has 0 aromatic rings. The summed E-state index contributed by atoms with van der Waals surface area (Å²) in [6, 6.07) is 0. The van der Waals surface area contributed by atoms with Crippen molar-refractivity contribution in [2.75, 3.05) is 0 Å². The third-order valence-corrected chi connectivity index (χ3v) is 1.59. The second-order valence-corrected chi connectivity index (χ2v) is 3.09. The average molecular weight is 153 g/mol. The number of carbonyl (C=O) groups excluding carboxylic acids is 1. The Morgan fingerprint density at radius 1 is 1.55 bits per heavy atom. The molecule has 0 saturated carbocycles. The van der Waals surface area contributed by atoms with Crippen LogP contribution in [0.2, 0.25) is 0 Å². The van der Waals surface area contributed by atoms with Gasteiger partial charge in [-0.15, -0.1) is 0 Å². The number of rotatable bonds is 0. The Morgan fingerprint density at radius 2 is 2.18 bits per heavy atom. The molecule has 3 heteroatoms. The Balaban J connectivity index is 2.91. The fourth-order valence-electron chi connectivity index (χ4n) is 0.775. The van der Waals surface area contributed by atoms with Crippen molar-refractivity contribution in [1.29, 1.82) is 0 Å². The van der Waals surface area contributed by atoms with E-state index < -0.39 is 5.41 Å². The fourth-order valence-corrected chi connectivity index (χ4v) is 0.775. The number of aliphatic hydroxyl groups excluding tert-OH is 1. The highest BCUT2D eigenvalue weighted by atomic mass is 16.3. The Labute approximate surface area is 65.4 Å². The monoisotopic (exact) mass is 153 g/mol. The maximum absolute atomic E-state index is 11.2. The van der Waals surface area contributed by atoms with Crippen LogP contribution in [0.3, 0.4) is 0 Å². The first kappa shape index (κ1) is 7.85. The van der Waals surface area contributed by atoms with Crippen LogP contribution < -0.4 is 5.32 Å². The second kappa shape index (κ2) is 2.42. The SMILES string of the molecule is CC1(C)C=CC=C(O)NC1=O. The molecule has 1 aliphatic rings. The lowest BCUT2D eigenvalue weighted by molar-refractivity contribution is -0.126. The smallest absolute Gasteiger partial charge is 0.236 e. The van der Waals surface area contributed by atoms with E-state index in [2.05, 4.69) is 5.32 Å². The van der Waals surface area contributed by atoms with E-state index >= 15 is 0 Å². The van der Waals surface area contributed by atoms with Gasteiger partial charge in [-0.2, -0.15) is 0 Å². The number of hydrogen-bond acceptors (Lipinski definition) is 2. The maximum Gasteiger partial charge on any atom is 0.236 e. The zero-order chi connectivity index (χ0) is 8.48. The number of hydrogen-bond donors (Lipinski definition) is 2. The minimum Gasteiger partial charge on any atom is -0.495 e. The fraction of sp³-hybridized carbons (Fsp3) is 0.375. The first-order valence-corrected chi connectivity index (χ1v) is 3.42. The van der Waals surface area contributed by atoms with Crippen molar-refractivity contribution in [2.45, 2.75) is 13.8 Å². The molecule has 0 unspecified atom stereocenters. The van der Waals surface area contributed by atoms with Crippen LogP contribution in [-0.2, 0) is 4.79 Å². The van der Waals surface area contributed by atoms with Gasteiger partial charge in [-0.1, -0.05) is 12.2 Å². The molecule has 11 heavy (non-hydrogen) atoms. The van der Waals surface area contributed by atoms with Crippen molar-refractivity contribution in [3.05, 3.63) is 24.1 Å². The lowest BCUT2D eigenvalue weighted by Crippen LogP contribution is -2.33. The molecule has 0 fully saturated rings. The van der Waals surface area contributed by atoms with Crippen LogP contribution in [0.4, 0.5) is 0 Å². The summed E-state index contributed by atoms with van der Waals surface area (Å²) in [6.07, 6.45) is 4.85. The standard InChI is InChI=1S/C8H11NO2/c1-8(2)5-3-4-6(10)9-7(8)11/h3-5,10H,1-2H3,(H,9,11). The summed E-state index contributed by atoms with van der Waals surface area (Å²) in [5.74, 6) is -0.295. The van der Waals surface area contributed by atoms with Gasteiger partial charge in [0.2, 0.25) is 5.91 Å². The molecule has 1 rings (SSSR count). The summed E-state index contributed by atoms with van der Waals surface area (Å²) in [6.45, 7) is 3.57. The molecule has 1 amide bonds. The van der Waals surface area contributed by atoms with Crippen LogP contribution in [0, 0.1) is 5.41 Å². The van der Waals surface area contributed by atoms with Gasteiger partial charge in [-0.3, -0.25) is 10.1 Å². The molecule has 2 N–H and O–H groups in total. The lowest BCUT2D eigenvalue weighted by Gasteiger charge is -2.16. The molecule has 1 heterocycles. The van der Waals surface area contributed by atoms with Crippen molar-refractivity contribution >= 4 is 5.91 Å². The molecule has 0 atom stereocenters. The molecular formula is C8H11NO2. The molecule has 1 aliphatic heterocycles. The van der Waals surface area contributed by atoms with Crippen molar-refractivity contribution in [3.8, 4) is 0 Å². The summed E-state index contributed by atoms with van der Waals surface area (Å²) < 4.78 is 0. The first-order chi connectivity index (χ1) is 5.02. The van der Waals surface area contributed by atoms with Crippen molar-refractivity contribution in [3.63, 3.8) is 0 Å². The van der Waals surface area contributed by atoms with Gasteiger partial charge in [0.25, 0.3) is 0 Å². The number of carbonyl (C=O) groups is 1. The summed E-state index contributed by atoms with van der Waals surface area (Å²) in [5.41, 5.74) is -0.541. The molecule has 0 aliphatic carbocycles. The average Bonchev–Trinajstić information content (AvgIpc) is 1.94. The van der Waals surface area contributed by atoms with Gasteiger partial charge in [0.1, 0.15) is 0 Å². The van der Waals surface area contributed by atoms with Crippen LogP contribution in [0.5, 0.6) is 0 Å². The van der Waals surface area contributed by atoms with Crippen LogP contribution in [0.1, 0.15) is 13.8 Å². The highest BCUT2D eigenvalue weighted by Crippen LogP contribution is 2.19. The van der Waals surface area contributed by atoms with Crippen LogP contribution in [-0.4, -0.2) is 11.0 Å². The van der Waals surface area contributed by atoms with Crippen molar-refractivity contribution in [2.24, 2.45) is 5.41 Å². The van der Waals surface area contributed by atoms with Gasteiger partial charge in [0.15, 0.2) is 5.88 Å². The largest absolute Gasteiger partial charge is 0.495 e. The number of allylic oxidation sites excluding steroid dienone is 2. The van der Waals surface area contributed by atoms with E-state index in [1.807, 2.05) is 0 Å². The van der Waals surface area contributed by atoms with E-state index in [1.165, 1.54) is 6.08 Å². The van der Waals surface area contributed by atoms with Gasteiger partial charge in [-0.05, 0) is 19.9 Å². The van der Waals surface area contributed by atoms with E-state index in [4.69, 9.17) is 5.11 Å². The molecule has 0 spiro atoms. The van der Waals surface area contributed by atoms with Gasteiger partial charge in [-0.25, -0.2) is 0 Å². The molecule has 0 aromatic carbocycles. The third kappa shape index (κ3) is 1.61. The number of aliphatic hydroxyl groups is 1. The summed E-state index contributed by atoms with van der Waals surface area (Å²) in [7, 11) is 0. The van der Waals surface area contributed by atoms with Crippen LogP contribution >= 0.6 is 0 Å². The molecule has 0 bridgehead atoms. The van der Waals surface area contributed by atoms with Crippen molar-refractivity contribution in [1.82, 2.24) is 5.32 Å². The molecular weight excluding hydrogens is 142 g/mol. The Hall–Kier alpha value is -1.25. The second-order valence-electron chi connectivity index (χ2n) is 3.09. The van der Waals surface area contributed by atoms with E-state index in [9.17, 15) is 4.79 Å². The Bertz CT molecular complexity index is 238. The predicted octanol–water partition coefficient (Wildman–Crippen LogP) is 1.10. The highest BCUT2D eigenvalue weighted by molar-refractivity contribution is 5.85. The highest BCUT2D eigenvalue weighted by Gasteiger charge is 2.25. The molecule has 3 nitrogen and oxygen atoms in total. The Morgan fingerprint density at radius 3 is 2.82 bits per heavy atom. The van der Waals surface area contributed by atoms with Gasteiger partial charge < -0.3 is 5.11 Å². The molecule has 0 aromatic heterocycles. The van der Waals surface area contributed by atoms with E-state index in [1.54, 1.807) is 26.0 Å². The van der Waals surface area contributed by atoms with Crippen molar-refractivity contribution < 1.29 is 9.90 Å². The Kier molecular flexibility index (Phi) is 1.72. The molecule has 0 saturated heterocycles. The molecule has 60 valence electrons. The van der Waals surface area contributed by atoms with E-state index in [-0.39, 0.29) is 11.8 Å².